The quantitative estimate of drug-likeness (QED) is 0.319. The van der Waals surface area contributed by atoms with Crippen LogP contribution in [0.5, 0.6) is 23.0 Å². The third-order valence-electron chi connectivity index (χ3n) is 4.32. The molecule has 166 valence electrons. The maximum atomic E-state index is 8.65. The molecule has 4 N–H and O–H groups in total. The number of aromatic nitrogens is 3. The van der Waals surface area contributed by atoms with Gasteiger partial charge >= 0.3 is 0 Å². The van der Waals surface area contributed by atoms with E-state index in [1.807, 2.05) is 0 Å². The topological polar surface area (TPSA) is 120 Å². The lowest BCUT2D eigenvalue weighted by molar-refractivity contribution is 0.449. The van der Waals surface area contributed by atoms with Crippen molar-refractivity contribution >= 4 is 0 Å². The Hall–Kier alpha value is -4.13. The Morgan fingerprint density at radius 2 is 0.812 bits per heavy atom. The summed E-state index contributed by atoms with van der Waals surface area (Å²) in [6, 6.07) is 20.5. The molecule has 3 aromatic carbocycles. The van der Waals surface area contributed by atoms with Crippen molar-refractivity contribution in [3.63, 3.8) is 0 Å². The minimum atomic E-state index is 0.0880. The highest BCUT2D eigenvalue weighted by atomic mass is 16.3. The molecule has 1 heterocycles. The molecule has 5 rings (SSSR count). The maximum Gasteiger partial charge on any atom is 0.119 e. The molecule has 0 atom stereocenters. The van der Waals surface area contributed by atoms with Crippen LogP contribution in [0.3, 0.4) is 0 Å². The van der Waals surface area contributed by atoms with Crippen LogP contribution in [-0.4, -0.2) is 35.4 Å². The van der Waals surface area contributed by atoms with Gasteiger partial charge in [-0.3, -0.25) is 0 Å². The van der Waals surface area contributed by atoms with Crippen LogP contribution in [0.25, 0.3) is 0 Å². The summed E-state index contributed by atoms with van der Waals surface area (Å²) in [4.78, 5) is 10.7. The van der Waals surface area contributed by atoms with Gasteiger partial charge in [0.1, 0.15) is 42.0 Å². The van der Waals surface area contributed by atoms with Gasteiger partial charge in [0.2, 0.25) is 0 Å². The maximum absolute atomic E-state index is 8.65. The zero-order valence-electron chi connectivity index (χ0n) is 17.6. The Labute approximate surface area is 187 Å². The van der Waals surface area contributed by atoms with E-state index < -0.39 is 0 Å². The molecule has 1 aliphatic rings. The van der Waals surface area contributed by atoms with Gasteiger partial charge in [0.15, 0.2) is 0 Å². The van der Waals surface area contributed by atoms with Crippen molar-refractivity contribution in [2.24, 2.45) is 0 Å². The van der Waals surface area contributed by atoms with Crippen LogP contribution in [0.2, 0.25) is 0 Å². The van der Waals surface area contributed by atoms with Crippen molar-refractivity contribution in [3.8, 4) is 23.0 Å². The van der Waals surface area contributed by atoms with Crippen molar-refractivity contribution in [1.29, 1.82) is 0 Å². The van der Waals surface area contributed by atoms with E-state index in [-0.39, 0.29) is 23.0 Å². The number of aromatic hydroxyl groups is 4. The molecule has 7 nitrogen and oxygen atoms in total. The van der Waals surface area contributed by atoms with E-state index in [0.29, 0.717) is 0 Å². The lowest BCUT2D eigenvalue weighted by Gasteiger charge is -2.13. The minimum Gasteiger partial charge on any atom is -0.508 e. The molecule has 0 saturated heterocycles. The molecular weight excluding hydrogens is 406 g/mol. The van der Waals surface area contributed by atoms with E-state index in [4.69, 9.17) is 20.4 Å². The highest BCUT2D eigenvalue weighted by Crippen LogP contribution is 2.20. The number of hydrogen-bond acceptors (Lipinski definition) is 7. The zero-order chi connectivity index (χ0) is 23.0. The second kappa shape index (κ2) is 14.0. The van der Waals surface area contributed by atoms with Crippen LogP contribution in [-0.2, 0) is 12.8 Å². The van der Waals surface area contributed by atoms with Crippen molar-refractivity contribution in [2.45, 2.75) is 25.7 Å². The number of phenolic OH excluding ortho intramolecular Hbond substituents is 4. The summed E-state index contributed by atoms with van der Waals surface area (Å²) >= 11 is 0. The smallest absolute Gasteiger partial charge is 0.119 e. The first kappa shape index (κ1) is 24.1. The Morgan fingerprint density at radius 3 is 1.06 bits per heavy atom. The summed E-state index contributed by atoms with van der Waals surface area (Å²) in [5.41, 5.74) is 3.16. The molecule has 0 bridgehead atoms. The van der Waals surface area contributed by atoms with Crippen LogP contribution < -0.4 is 0 Å². The third-order valence-corrected chi connectivity index (χ3v) is 4.32. The normalized spacial score (nSPS) is 11.1. The molecule has 0 amide bonds. The van der Waals surface area contributed by atoms with Gasteiger partial charge < -0.3 is 20.4 Å². The molecular formula is C25H27N3O4. The first-order valence-electron chi connectivity index (χ1n) is 10.1. The van der Waals surface area contributed by atoms with Gasteiger partial charge in [-0.2, -0.15) is 0 Å². The molecule has 0 aliphatic heterocycles. The second-order valence-corrected chi connectivity index (χ2v) is 6.81. The first-order valence-corrected chi connectivity index (χ1v) is 10.1. The molecule has 1 aliphatic carbocycles. The van der Waals surface area contributed by atoms with Gasteiger partial charge in [-0.15, -0.1) is 0 Å². The Morgan fingerprint density at radius 1 is 0.469 bits per heavy atom. The SMILES string of the molecule is Oc1cccc(O)c1.Oc1cccc(O)c1.c1ccc2c(c1)CCCC2.c1ncncn1. The highest BCUT2D eigenvalue weighted by molar-refractivity contribution is 5.31. The molecule has 1 aromatic heterocycles. The second-order valence-electron chi connectivity index (χ2n) is 6.81. The fourth-order valence-electron chi connectivity index (χ4n) is 2.87. The van der Waals surface area contributed by atoms with Crippen LogP contribution in [0, 0.1) is 0 Å². The number of hydrogen-bond donors (Lipinski definition) is 4. The van der Waals surface area contributed by atoms with Crippen molar-refractivity contribution < 1.29 is 20.4 Å². The minimum absolute atomic E-state index is 0.0880. The van der Waals surface area contributed by atoms with E-state index in [1.54, 1.807) is 23.3 Å². The summed E-state index contributed by atoms with van der Waals surface area (Å²) in [5, 5.41) is 34.6. The molecule has 0 fully saturated rings. The molecule has 0 unspecified atom stereocenters. The predicted molar refractivity (Wildman–Crippen MR) is 122 cm³/mol. The number of rotatable bonds is 0. The van der Waals surface area contributed by atoms with Crippen molar-refractivity contribution in [2.75, 3.05) is 0 Å². The van der Waals surface area contributed by atoms with Crippen LogP contribution in [0.4, 0.5) is 0 Å². The van der Waals surface area contributed by atoms with E-state index in [0.717, 1.165) is 0 Å². The fraction of sp³-hybridized carbons (Fsp3) is 0.160. The summed E-state index contributed by atoms with van der Waals surface area (Å²) in [7, 11) is 0. The van der Waals surface area contributed by atoms with Gasteiger partial charge in [0.05, 0.1) is 0 Å². The number of benzene rings is 3. The predicted octanol–water partition coefficient (Wildman–Crippen LogP) is 4.63. The largest absolute Gasteiger partial charge is 0.508 e. The van der Waals surface area contributed by atoms with E-state index in [2.05, 4.69) is 39.2 Å². The summed E-state index contributed by atoms with van der Waals surface area (Å²) < 4.78 is 0. The lowest BCUT2D eigenvalue weighted by atomic mass is 9.92. The Bertz CT molecular complexity index is 916. The highest BCUT2D eigenvalue weighted by Gasteiger charge is 2.06. The average molecular weight is 434 g/mol. The van der Waals surface area contributed by atoms with Gasteiger partial charge in [-0.25, -0.2) is 15.0 Å². The van der Waals surface area contributed by atoms with Crippen LogP contribution >= 0.6 is 0 Å². The number of phenols is 4. The van der Waals surface area contributed by atoms with E-state index in [9.17, 15) is 0 Å². The number of nitrogens with zero attached hydrogens (tertiary/aromatic N) is 3. The zero-order valence-corrected chi connectivity index (χ0v) is 17.6. The monoisotopic (exact) mass is 433 g/mol. The molecule has 32 heavy (non-hydrogen) atoms. The summed E-state index contributed by atoms with van der Waals surface area (Å²) in [6.07, 6.45) is 9.69. The standard InChI is InChI=1S/C10H12.2C6H6O2.C3H3N3/c1-2-6-10-8-4-3-7-9(10)5-1;2*7-5-2-1-3-6(8)4-5;1-4-2-6-3-5-1/h1-2,5-6H,3-4,7-8H2;2*1-4,7-8H;1-3H. The lowest BCUT2D eigenvalue weighted by Crippen LogP contribution is -2.00. The summed E-state index contributed by atoms with van der Waals surface area (Å²) in [5.74, 6) is 0.352. The van der Waals surface area contributed by atoms with Crippen molar-refractivity contribution in [1.82, 2.24) is 15.0 Å². The van der Waals surface area contributed by atoms with Gasteiger partial charge in [-0.1, -0.05) is 36.4 Å². The average Bonchev–Trinajstić information content (AvgIpc) is 2.81. The molecule has 7 heteroatoms. The van der Waals surface area contributed by atoms with Gasteiger partial charge in [0, 0.05) is 12.1 Å². The summed E-state index contributed by atoms with van der Waals surface area (Å²) in [6.45, 7) is 0. The van der Waals surface area contributed by atoms with E-state index >= 15 is 0 Å². The van der Waals surface area contributed by atoms with Crippen LogP contribution in [0.1, 0.15) is 24.0 Å². The van der Waals surface area contributed by atoms with Crippen LogP contribution in [0.15, 0.2) is 91.8 Å². The number of aryl methyl sites for hydroxylation is 2. The molecule has 0 radical (unpaired) electrons. The van der Waals surface area contributed by atoms with Gasteiger partial charge in [0.25, 0.3) is 0 Å². The Kier molecular flexibility index (Phi) is 10.5. The number of fused-ring (bicyclic) bond motifs is 1. The van der Waals surface area contributed by atoms with Crippen molar-refractivity contribution in [3.05, 3.63) is 103 Å². The first-order chi connectivity index (χ1) is 15.5. The molecule has 4 aromatic rings. The molecule has 0 spiro atoms. The van der Waals surface area contributed by atoms with E-state index in [1.165, 1.54) is 81.1 Å². The Balaban J connectivity index is 0.000000154. The molecule has 0 saturated carbocycles. The third kappa shape index (κ3) is 10.1. The fourth-order valence-corrected chi connectivity index (χ4v) is 2.87. The van der Waals surface area contributed by atoms with Gasteiger partial charge in [-0.05, 0) is 61.1 Å².